The van der Waals surface area contributed by atoms with Crippen LogP contribution in [0.25, 0.3) is 0 Å². The molecule has 0 amide bonds. The molecule has 0 atom stereocenters. The van der Waals surface area contributed by atoms with Gasteiger partial charge in [-0.1, -0.05) is 19.1 Å². The summed E-state index contributed by atoms with van der Waals surface area (Å²) < 4.78 is 2.09. The van der Waals surface area contributed by atoms with Crippen LogP contribution >= 0.6 is 0 Å². The standard InChI is InChI=1S/C20H31N7/c1-4-19-24-23-16-27(19)10-9-22-20(21-5-2)26-13-11-25(12-14-26)18-8-6-7-17(3)15-18/h6-8,15-16H,4-5,9-14H2,1-3H3,(H,21,22). The SMILES string of the molecule is CCNC(=NCCn1cnnc1CC)N1CCN(c2cccc(C)c2)CC1. The number of hydrogen-bond donors (Lipinski definition) is 1. The Labute approximate surface area is 162 Å². The molecule has 2 heterocycles. The second kappa shape index (κ2) is 9.39. The Hall–Kier alpha value is -2.57. The molecule has 1 fully saturated rings. The minimum absolute atomic E-state index is 0.728. The highest BCUT2D eigenvalue weighted by Gasteiger charge is 2.19. The van der Waals surface area contributed by atoms with E-state index < -0.39 is 0 Å². The van der Waals surface area contributed by atoms with Gasteiger partial charge >= 0.3 is 0 Å². The Morgan fingerprint density at radius 1 is 1.19 bits per heavy atom. The van der Waals surface area contributed by atoms with Crippen LogP contribution in [0.15, 0.2) is 35.6 Å². The molecule has 3 rings (SSSR count). The Morgan fingerprint density at radius 3 is 2.70 bits per heavy atom. The Bertz CT molecular complexity index is 744. The van der Waals surface area contributed by atoms with Gasteiger partial charge in [-0.05, 0) is 31.5 Å². The number of benzene rings is 1. The monoisotopic (exact) mass is 369 g/mol. The van der Waals surface area contributed by atoms with Gasteiger partial charge in [0.25, 0.3) is 0 Å². The van der Waals surface area contributed by atoms with Crippen molar-refractivity contribution in [3.8, 4) is 0 Å². The summed E-state index contributed by atoms with van der Waals surface area (Å²) in [6.45, 7) is 12.8. The summed E-state index contributed by atoms with van der Waals surface area (Å²) in [5.74, 6) is 2.02. The zero-order chi connectivity index (χ0) is 19.1. The molecule has 7 heteroatoms. The zero-order valence-electron chi connectivity index (χ0n) is 16.7. The number of aryl methyl sites for hydroxylation is 2. The summed E-state index contributed by atoms with van der Waals surface area (Å²) in [5.41, 5.74) is 2.63. The van der Waals surface area contributed by atoms with Gasteiger partial charge in [0, 0.05) is 51.4 Å². The number of anilines is 1. The fraction of sp³-hybridized carbons (Fsp3) is 0.550. The maximum Gasteiger partial charge on any atom is 0.194 e. The van der Waals surface area contributed by atoms with E-state index in [1.54, 1.807) is 6.33 Å². The van der Waals surface area contributed by atoms with Crippen molar-refractivity contribution < 1.29 is 0 Å². The van der Waals surface area contributed by atoms with Gasteiger partial charge in [-0.3, -0.25) is 4.99 Å². The normalized spacial score (nSPS) is 15.3. The molecule has 0 spiro atoms. The average molecular weight is 370 g/mol. The third-order valence-electron chi connectivity index (χ3n) is 4.90. The smallest absolute Gasteiger partial charge is 0.194 e. The minimum Gasteiger partial charge on any atom is -0.368 e. The van der Waals surface area contributed by atoms with Crippen LogP contribution < -0.4 is 10.2 Å². The van der Waals surface area contributed by atoms with Crippen LogP contribution in [0, 0.1) is 6.92 Å². The van der Waals surface area contributed by atoms with Crippen LogP contribution in [0.5, 0.6) is 0 Å². The van der Waals surface area contributed by atoms with E-state index in [-0.39, 0.29) is 0 Å². The van der Waals surface area contributed by atoms with Gasteiger partial charge in [0.05, 0.1) is 6.54 Å². The van der Waals surface area contributed by atoms with Crippen molar-refractivity contribution in [1.82, 2.24) is 25.0 Å². The van der Waals surface area contributed by atoms with Gasteiger partial charge in [-0.2, -0.15) is 0 Å². The predicted octanol–water partition coefficient (Wildman–Crippen LogP) is 1.94. The molecule has 146 valence electrons. The van der Waals surface area contributed by atoms with Crippen molar-refractivity contribution >= 4 is 11.6 Å². The molecule has 0 bridgehead atoms. The summed E-state index contributed by atoms with van der Waals surface area (Å²) in [4.78, 5) is 9.66. The molecular formula is C20H31N7. The lowest BCUT2D eigenvalue weighted by Gasteiger charge is -2.37. The van der Waals surface area contributed by atoms with Crippen LogP contribution in [0.3, 0.4) is 0 Å². The number of rotatable bonds is 6. The third kappa shape index (κ3) is 4.99. The zero-order valence-corrected chi connectivity index (χ0v) is 16.7. The van der Waals surface area contributed by atoms with Gasteiger partial charge in [0.15, 0.2) is 5.96 Å². The molecule has 27 heavy (non-hydrogen) atoms. The molecule has 1 saturated heterocycles. The second-order valence-electron chi connectivity index (χ2n) is 6.84. The highest BCUT2D eigenvalue weighted by atomic mass is 15.3. The fourth-order valence-electron chi connectivity index (χ4n) is 3.43. The van der Waals surface area contributed by atoms with Crippen LogP contribution in [0.4, 0.5) is 5.69 Å². The molecule has 1 aliphatic heterocycles. The second-order valence-corrected chi connectivity index (χ2v) is 6.84. The summed E-state index contributed by atoms with van der Waals surface area (Å²) in [7, 11) is 0. The van der Waals surface area contributed by atoms with Crippen LogP contribution in [0.2, 0.25) is 0 Å². The Kier molecular flexibility index (Phi) is 6.68. The molecule has 0 saturated carbocycles. The van der Waals surface area contributed by atoms with Gasteiger partial charge in [0.2, 0.25) is 0 Å². The van der Waals surface area contributed by atoms with E-state index in [1.807, 2.05) is 0 Å². The first-order valence-corrected chi connectivity index (χ1v) is 9.92. The molecule has 7 nitrogen and oxygen atoms in total. The molecule has 0 radical (unpaired) electrons. The lowest BCUT2D eigenvalue weighted by molar-refractivity contribution is 0.372. The number of hydrogen-bond acceptors (Lipinski definition) is 4. The van der Waals surface area contributed by atoms with Gasteiger partial charge in [-0.25, -0.2) is 0 Å². The topological polar surface area (TPSA) is 61.6 Å². The van der Waals surface area contributed by atoms with Crippen LogP contribution in [-0.2, 0) is 13.0 Å². The number of nitrogens with one attached hydrogen (secondary N) is 1. The van der Waals surface area contributed by atoms with Gasteiger partial charge in [0.1, 0.15) is 12.2 Å². The Morgan fingerprint density at radius 2 is 2.00 bits per heavy atom. The summed E-state index contributed by atoms with van der Waals surface area (Å²) in [5, 5.41) is 11.6. The van der Waals surface area contributed by atoms with Crippen molar-refractivity contribution in [2.24, 2.45) is 4.99 Å². The summed E-state index contributed by atoms with van der Waals surface area (Å²) in [6.07, 6.45) is 2.69. The first kappa shape index (κ1) is 19.2. The van der Waals surface area contributed by atoms with E-state index >= 15 is 0 Å². The first-order chi connectivity index (χ1) is 13.2. The number of guanidine groups is 1. The van der Waals surface area contributed by atoms with Gasteiger partial charge < -0.3 is 19.7 Å². The highest BCUT2D eigenvalue weighted by molar-refractivity contribution is 5.80. The van der Waals surface area contributed by atoms with E-state index in [0.717, 1.165) is 64.0 Å². The van der Waals surface area contributed by atoms with Crippen LogP contribution in [0.1, 0.15) is 25.2 Å². The summed E-state index contributed by atoms with van der Waals surface area (Å²) >= 11 is 0. The maximum absolute atomic E-state index is 4.84. The molecule has 1 aromatic carbocycles. The van der Waals surface area contributed by atoms with E-state index in [0.29, 0.717) is 0 Å². The number of aliphatic imine (C=N–C) groups is 1. The van der Waals surface area contributed by atoms with Crippen molar-refractivity contribution in [3.05, 3.63) is 42.0 Å². The molecule has 0 aliphatic carbocycles. The molecular weight excluding hydrogens is 338 g/mol. The quantitative estimate of drug-likeness (QED) is 0.623. The number of piperazine rings is 1. The number of aromatic nitrogens is 3. The Balaban J connectivity index is 1.57. The molecule has 1 N–H and O–H groups in total. The molecule has 1 aliphatic rings. The average Bonchev–Trinajstić information content (AvgIpc) is 3.15. The minimum atomic E-state index is 0.728. The molecule has 2 aromatic rings. The first-order valence-electron chi connectivity index (χ1n) is 9.92. The van der Waals surface area contributed by atoms with E-state index in [4.69, 9.17) is 4.99 Å². The largest absolute Gasteiger partial charge is 0.368 e. The van der Waals surface area contributed by atoms with Crippen LogP contribution in [-0.4, -0.2) is 64.9 Å². The molecule has 1 aromatic heterocycles. The van der Waals surface area contributed by atoms with Crippen molar-refractivity contribution in [2.45, 2.75) is 33.7 Å². The van der Waals surface area contributed by atoms with Crippen molar-refractivity contribution in [1.29, 1.82) is 0 Å². The van der Waals surface area contributed by atoms with E-state index in [1.165, 1.54) is 11.3 Å². The van der Waals surface area contributed by atoms with Gasteiger partial charge in [-0.15, -0.1) is 10.2 Å². The summed E-state index contributed by atoms with van der Waals surface area (Å²) in [6, 6.07) is 8.75. The maximum atomic E-state index is 4.84. The third-order valence-corrected chi connectivity index (χ3v) is 4.90. The fourth-order valence-corrected chi connectivity index (χ4v) is 3.43. The number of nitrogens with zero attached hydrogens (tertiary/aromatic N) is 6. The lowest BCUT2D eigenvalue weighted by Crippen LogP contribution is -2.52. The lowest BCUT2D eigenvalue weighted by atomic mass is 10.2. The highest BCUT2D eigenvalue weighted by Crippen LogP contribution is 2.17. The molecule has 0 unspecified atom stereocenters. The predicted molar refractivity (Wildman–Crippen MR) is 110 cm³/mol. The van der Waals surface area contributed by atoms with Crippen molar-refractivity contribution in [3.63, 3.8) is 0 Å². The van der Waals surface area contributed by atoms with Crippen molar-refractivity contribution in [2.75, 3.05) is 44.2 Å². The van der Waals surface area contributed by atoms with E-state index in [9.17, 15) is 0 Å². The van der Waals surface area contributed by atoms with E-state index in [2.05, 4.69) is 74.9 Å².